The molecule has 9 nitrogen and oxygen atoms in total. The summed E-state index contributed by atoms with van der Waals surface area (Å²) in [6.07, 6.45) is 2.80. The summed E-state index contributed by atoms with van der Waals surface area (Å²) in [5, 5.41) is 11.2. The summed E-state index contributed by atoms with van der Waals surface area (Å²) in [4.78, 5) is 17.4. The number of ether oxygens (including phenoxy) is 2. The first-order valence-corrected chi connectivity index (χ1v) is 10.7. The van der Waals surface area contributed by atoms with Gasteiger partial charge in [-0.15, -0.1) is 0 Å². The molecule has 1 aliphatic carbocycles. The summed E-state index contributed by atoms with van der Waals surface area (Å²) in [5.41, 5.74) is 3.19. The highest BCUT2D eigenvalue weighted by Crippen LogP contribution is 2.43. The molecule has 1 saturated heterocycles. The van der Waals surface area contributed by atoms with Crippen molar-refractivity contribution in [2.24, 2.45) is 0 Å². The largest absolute Gasteiger partial charge is 0.485 e. The zero-order valence-corrected chi connectivity index (χ0v) is 17.7. The minimum absolute atomic E-state index is 0.0272. The molecule has 4 heterocycles. The van der Waals surface area contributed by atoms with E-state index in [1.165, 1.54) is 6.20 Å². The van der Waals surface area contributed by atoms with Gasteiger partial charge >= 0.3 is 0 Å². The number of nitrogens with zero attached hydrogens (tertiary/aromatic N) is 4. The number of nitrogens with one attached hydrogen (secondary N) is 1. The first kappa shape index (κ1) is 19.9. The Labute approximate surface area is 187 Å². The van der Waals surface area contributed by atoms with E-state index in [0.29, 0.717) is 59.4 Å². The number of carbonyl (C=O) groups excluding carboxylic acids is 1. The Hall–Kier alpha value is -3.79. The second-order valence-corrected chi connectivity index (χ2v) is 8.33. The molecule has 0 radical (unpaired) electrons. The molecule has 1 saturated carbocycles. The fourth-order valence-corrected chi connectivity index (χ4v) is 3.69. The molecule has 0 spiro atoms. The molecule has 1 N–H and O–H groups in total. The summed E-state index contributed by atoms with van der Waals surface area (Å²) in [5.74, 6) is 0.708. The number of aromatic nitrogens is 4. The normalized spacial score (nSPS) is 19.9. The lowest BCUT2D eigenvalue weighted by Gasteiger charge is -2.26. The summed E-state index contributed by atoms with van der Waals surface area (Å²) in [6, 6.07) is 9.07. The van der Waals surface area contributed by atoms with E-state index in [1.54, 1.807) is 28.9 Å². The minimum atomic E-state index is -0.912. The number of amides is 1. The van der Waals surface area contributed by atoms with Crippen molar-refractivity contribution in [2.75, 3.05) is 18.5 Å². The number of benzene rings is 1. The number of carbonyl (C=O) groups is 1. The molecule has 1 amide bonds. The fourth-order valence-electron chi connectivity index (χ4n) is 3.69. The van der Waals surface area contributed by atoms with Crippen molar-refractivity contribution in [3.8, 4) is 17.1 Å². The maximum absolute atomic E-state index is 13.3. The maximum atomic E-state index is 13.3. The Balaban J connectivity index is 1.25. The Bertz CT molecular complexity index is 1360. The molecule has 3 aromatic heterocycles. The number of hydrogen-bond donors (Lipinski definition) is 1. The van der Waals surface area contributed by atoms with Crippen LogP contribution in [0.5, 0.6) is 5.75 Å². The number of aryl methyl sites for hydroxylation is 1. The van der Waals surface area contributed by atoms with E-state index in [0.717, 1.165) is 5.56 Å². The molecule has 168 valence electrons. The van der Waals surface area contributed by atoms with E-state index < -0.39 is 6.17 Å². The summed E-state index contributed by atoms with van der Waals surface area (Å²) in [6.45, 7) is 3.01. The van der Waals surface area contributed by atoms with E-state index in [4.69, 9.17) is 14.0 Å². The molecular weight excluding hydrogens is 429 g/mol. The third kappa shape index (κ3) is 3.72. The van der Waals surface area contributed by atoms with Crippen LogP contribution in [0.15, 0.2) is 47.2 Å². The molecule has 6 rings (SSSR count). The van der Waals surface area contributed by atoms with Crippen molar-refractivity contribution < 1.29 is 23.2 Å². The van der Waals surface area contributed by atoms with Gasteiger partial charge in [0.2, 0.25) is 11.7 Å². The smallest absolute Gasteiger partial charge is 0.259 e. The predicted molar refractivity (Wildman–Crippen MR) is 115 cm³/mol. The second-order valence-electron chi connectivity index (χ2n) is 8.33. The number of pyridine rings is 1. The van der Waals surface area contributed by atoms with Crippen LogP contribution in [0.1, 0.15) is 34.2 Å². The predicted octanol–water partition coefficient (Wildman–Crippen LogP) is 3.55. The van der Waals surface area contributed by atoms with Gasteiger partial charge in [-0.25, -0.2) is 8.91 Å². The van der Waals surface area contributed by atoms with Crippen LogP contribution in [0.4, 0.5) is 10.1 Å². The average Bonchev–Trinajstić information content (AvgIpc) is 3.16. The number of alkyl halides is 1. The Kier molecular flexibility index (Phi) is 4.61. The molecule has 0 unspecified atom stereocenters. The van der Waals surface area contributed by atoms with Gasteiger partial charge in [0.15, 0.2) is 0 Å². The van der Waals surface area contributed by atoms with Crippen molar-refractivity contribution in [1.29, 1.82) is 0 Å². The maximum Gasteiger partial charge on any atom is 0.259 e. The van der Waals surface area contributed by atoms with Gasteiger partial charge in [0.1, 0.15) is 18.0 Å². The first-order valence-electron chi connectivity index (χ1n) is 10.7. The number of anilines is 1. The van der Waals surface area contributed by atoms with Crippen LogP contribution in [-0.2, 0) is 4.74 Å². The summed E-state index contributed by atoms with van der Waals surface area (Å²) < 4.78 is 31.1. The molecular formula is C23H20FN5O4. The Morgan fingerprint density at radius 2 is 2.12 bits per heavy atom. The SMILES string of the molecule is Cc1ccc(-c2noc([C@H]3C[C@@H]3F)n2)cc1NC(=O)c1cnn2ccc(OC3COC3)cc12. The van der Waals surface area contributed by atoms with Gasteiger partial charge in [-0.3, -0.25) is 4.79 Å². The molecule has 10 heteroatoms. The fraction of sp³-hybridized carbons (Fsp3) is 0.304. The van der Waals surface area contributed by atoms with Crippen LogP contribution in [-0.4, -0.2) is 51.2 Å². The third-order valence-electron chi connectivity index (χ3n) is 5.86. The number of hydrogen-bond acceptors (Lipinski definition) is 7. The highest BCUT2D eigenvalue weighted by atomic mass is 19.1. The first-order chi connectivity index (χ1) is 16.0. The van der Waals surface area contributed by atoms with E-state index in [2.05, 4.69) is 20.6 Å². The topological polar surface area (TPSA) is 104 Å². The van der Waals surface area contributed by atoms with Gasteiger partial charge in [-0.05, 0) is 31.0 Å². The molecule has 2 atom stereocenters. The highest BCUT2D eigenvalue weighted by molar-refractivity contribution is 6.09. The van der Waals surface area contributed by atoms with Crippen LogP contribution < -0.4 is 10.1 Å². The standard InChI is InChI=1S/C23H20FN5O4/c1-12-2-3-13(21-27-23(33-28-21)16-8-18(16)24)6-19(12)26-22(30)17-9-25-29-5-4-14(7-20(17)29)32-15-10-31-11-15/h2-7,9,15-16,18H,8,10-11H2,1H3,(H,26,30)/t16-,18-/m0/s1. The molecule has 2 aliphatic rings. The number of halogens is 1. The molecule has 33 heavy (non-hydrogen) atoms. The van der Waals surface area contributed by atoms with Crippen LogP contribution in [0, 0.1) is 6.92 Å². The van der Waals surface area contributed by atoms with Crippen LogP contribution in [0.2, 0.25) is 0 Å². The number of rotatable bonds is 6. The quantitative estimate of drug-likeness (QED) is 0.480. The number of fused-ring (bicyclic) bond motifs is 1. The van der Waals surface area contributed by atoms with Gasteiger partial charge in [0.05, 0.1) is 36.4 Å². The van der Waals surface area contributed by atoms with Gasteiger partial charge in [-0.1, -0.05) is 17.3 Å². The molecule has 2 fully saturated rings. The van der Waals surface area contributed by atoms with Crippen LogP contribution in [0.3, 0.4) is 0 Å². The van der Waals surface area contributed by atoms with E-state index in [9.17, 15) is 9.18 Å². The Morgan fingerprint density at radius 1 is 1.27 bits per heavy atom. The lowest BCUT2D eigenvalue weighted by molar-refractivity contribution is -0.0796. The molecule has 0 bridgehead atoms. The lowest BCUT2D eigenvalue weighted by atomic mass is 10.1. The van der Waals surface area contributed by atoms with Crippen LogP contribution >= 0.6 is 0 Å². The van der Waals surface area contributed by atoms with Crippen molar-refractivity contribution in [3.63, 3.8) is 0 Å². The van der Waals surface area contributed by atoms with Crippen molar-refractivity contribution in [2.45, 2.75) is 31.5 Å². The van der Waals surface area contributed by atoms with E-state index in [-0.39, 0.29) is 17.9 Å². The lowest BCUT2D eigenvalue weighted by Crippen LogP contribution is -2.38. The molecule has 1 aliphatic heterocycles. The zero-order valence-electron chi connectivity index (χ0n) is 17.7. The summed E-state index contributed by atoms with van der Waals surface area (Å²) in [7, 11) is 0. The van der Waals surface area contributed by atoms with Crippen LogP contribution in [0.25, 0.3) is 16.9 Å². The molecule has 4 aromatic rings. The van der Waals surface area contributed by atoms with Gasteiger partial charge in [0.25, 0.3) is 5.91 Å². The van der Waals surface area contributed by atoms with E-state index >= 15 is 0 Å². The zero-order chi connectivity index (χ0) is 22.5. The van der Waals surface area contributed by atoms with Gasteiger partial charge < -0.3 is 19.3 Å². The second kappa shape index (κ2) is 7.66. The average molecular weight is 449 g/mol. The van der Waals surface area contributed by atoms with Crippen molar-refractivity contribution in [3.05, 3.63) is 59.7 Å². The Morgan fingerprint density at radius 3 is 2.88 bits per heavy atom. The highest BCUT2D eigenvalue weighted by Gasteiger charge is 2.43. The van der Waals surface area contributed by atoms with Crippen molar-refractivity contribution >= 4 is 17.1 Å². The van der Waals surface area contributed by atoms with Crippen molar-refractivity contribution in [1.82, 2.24) is 19.8 Å². The third-order valence-corrected chi connectivity index (χ3v) is 5.86. The molecule has 1 aromatic carbocycles. The summed E-state index contributed by atoms with van der Waals surface area (Å²) >= 11 is 0. The van der Waals surface area contributed by atoms with Gasteiger partial charge in [-0.2, -0.15) is 10.1 Å². The van der Waals surface area contributed by atoms with Gasteiger partial charge in [0, 0.05) is 23.5 Å². The minimum Gasteiger partial charge on any atom is -0.485 e. The van der Waals surface area contributed by atoms with E-state index in [1.807, 2.05) is 19.1 Å². The monoisotopic (exact) mass is 449 g/mol.